The van der Waals surface area contributed by atoms with Gasteiger partial charge in [-0.05, 0) is 48.4 Å². The maximum absolute atomic E-state index is 6.37. The molecule has 3 heterocycles. The zero-order valence-corrected chi connectivity index (χ0v) is 18.6. The van der Waals surface area contributed by atoms with Crippen molar-refractivity contribution in [3.8, 4) is 11.3 Å². The summed E-state index contributed by atoms with van der Waals surface area (Å²) >= 11 is 0. The highest BCUT2D eigenvalue weighted by Gasteiger charge is 2.24. The topological polar surface area (TPSA) is 29.9 Å². The molecule has 0 amide bonds. The summed E-state index contributed by atoms with van der Waals surface area (Å²) in [4.78, 5) is 4.73. The van der Waals surface area contributed by atoms with Crippen LogP contribution in [0.5, 0.6) is 0 Å². The van der Waals surface area contributed by atoms with Crippen LogP contribution in [0.25, 0.3) is 33.3 Å². The predicted molar refractivity (Wildman–Crippen MR) is 120 cm³/mol. The molecule has 3 heteroatoms. The Hall–Kier alpha value is -2.68. The molecule has 0 aliphatic rings. The molecule has 0 unspecified atom stereocenters. The van der Waals surface area contributed by atoms with Gasteiger partial charge in [0.05, 0.1) is 5.56 Å². The van der Waals surface area contributed by atoms with Gasteiger partial charge in [0.1, 0.15) is 7.05 Å². The third-order valence-corrected chi connectivity index (χ3v) is 5.97. The van der Waals surface area contributed by atoms with Crippen LogP contribution in [-0.2, 0) is 13.5 Å². The summed E-state index contributed by atoms with van der Waals surface area (Å²) in [6.07, 6.45) is 3.20. The molecule has 0 aliphatic carbocycles. The first kappa shape index (κ1) is 19.6. The molecule has 3 nitrogen and oxygen atoms in total. The van der Waals surface area contributed by atoms with E-state index in [1.54, 1.807) is 0 Å². The normalized spacial score (nSPS) is 12.0. The minimum Gasteiger partial charge on any atom is -0.437 e. The Labute approximate surface area is 173 Å². The fourth-order valence-corrected chi connectivity index (χ4v) is 4.29. The van der Waals surface area contributed by atoms with Crippen LogP contribution in [0, 0.1) is 6.92 Å². The lowest BCUT2D eigenvalue weighted by Gasteiger charge is -2.16. The van der Waals surface area contributed by atoms with Crippen molar-refractivity contribution in [3.63, 3.8) is 0 Å². The molecule has 3 aromatic heterocycles. The van der Waals surface area contributed by atoms with Crippen molar-refractivity contribution >= 4 is 22.1 Å². The van der Waals surface area contributed by atoms with E-state index in [-0.39, 0.29) is 0 Å². The molecule has 0 N–H and O–H groups in total. The van der Waals surface area contributed by atoms with E-state index in [9.17, 15) is 0 Å². The fourth-order valence-electron chi connectivity index (χ4n) is 4.29. The van der Waals surface area contributed by atoms with Crippen molar-refractivity contribution in [1.29, 1.82) is 0 Å². The molecule has 0 aliphatic heterocycles. The number of rotatable bonds is 4. The lowest BCUT2D eigenvalue weighted by atomic mass is 9.90. The molecule has 0 saturated heterocycles. The molecular weight excluding hydrogens is 356 g/mol. The van der Waals surface area contributed by atoms with Crippen molar-refractivity contribution in [1.82, 2.24) is 4.98 Å². The monoisotopic (exact) mass is 387 g/mol. The van der Waals surface area contributed by atoms with E-state index in [0.29, 0.717) is 11.8 Å². The van der Waals surface area contributed by atoms with E-state index in [1.807, 2.05) is 0 Å². The molecule has 0 bridgehead atoms. The van der Waals surface area contributed by atoms with Crippen molar-refractivity contribution < 1.29 is 8.98 Å². The van der Waals surface area contributed by atoms with Crippen LogP contribution in [0.2, 0.25) is 0 Å². The van der Waals surface area contributed by atoms with E-state index in [1.165, 1.54) is 27.9 Å². The van der Waals surface area contributed by atoms with E-state index >= 15 is 0 Å². The van der Waals surface area contributed by atoms with Gasteiger partial charge in [0.15, 0.2) is 11.8 Å². The maximum atomic E-state index is 6.37. The van der Waals surface area contributed by atoms with Crippen molar-refractivity contribution in [2.24, 2.45) is 7.05 Å². The Morgan fingerprint density at radius 1 is 0.966 bits per heavy atom. The van der Waals surface area contributed by atoms with E-state index in [4.69, 9.17) is 9.40 Å². The van der Waals surface area contributed by atoms with Gasteiger partial charge in [-0.25, -0.2) is 9.55 Å². The Morgan fingerprint density at radius 2 is 1.66 bits per heavy atom. The van der Waals surface area contributed by atoms with Gasteiger partial charge in [-0.1, -0.05) is 46.8 Å². The van der Waals surface area contributed by atoms with Crippen molar-refractivity contribution in [2.75, 3.05) is 0 Å². The quantitative estimate of drug-likeness (QED) is 0.370. The molecule has 29 heavy (non-hydrogen) atoms. The second kappa shape index (κ2) is 7.29. The lowest BCUT2D eigenvalue weighted by molar-refractivity contribution is -0.660. The Morgan fingerprint density at radius 3 is 2.31 bits per heavy atom. The van der Waals surface area contributed by atoms with Gasteiger partial charge in [0.25, 0.3) is 0 Å². The summed E-state index contributed by atoms with van der Waals surface area (Å²) in [7, 11) is 2.14. The number of furan rings is 1. The van der Waals surface area contributed by atoms with Crippen LogP contribution >= 0.6 is 0 Å². The molecule has 0 saturated carbocycles. The number of fused-ring (bicyclic) bond motifs is 3. The van der Waals surface area contributed by atoms with E-state index in [2.05, 4.69) is 89.7 Å². The highest BCUT2D eigenvalue weighted by Crippen LogP contribution is 2.38. The van der Waals surface area contributed by atoms with Crippen LogP contribution in [0.3, 0.4) is 0 Å². The molecule has 4 aromatic rings. The molecule has 0 spiro atoms. The summed E-state index contributed by atoms with van der Waals surface area (Å²) in [6.45, 7) is 13.4. The second-order valence-corrected chi connectivity index (χ2v) is 8.73. The number of benzene rings is 1. The molecule has 1 aromatic carbocycles. The smallest absolute Gasteiger partial charge is 0.227 e. The number of aryl methyl sites for hydroxylation is 3. The zero-order chi connectivity index (χ0) is 20.9. The highest BCUT2D eigenvalue weighted by atomic mass is 16.3. The molecule has 150 valence electrons. The predicted octanol–water partition coefficient (Wildman–Crippen LogP) is 6.59. The van der Waals surface area contributed by atoms with Gasteiger partial charge in [-0.3, -0.25) is 0 Å². The minimum atomic E-state index is 0.469. The summed E-state index contributed by atoms with van der Waals surface area (Å²) in [5.41, 5.74) is 9.12. The Balaban J connectivity index is 2.05. The van der Waals surface area contributed by atoms with Crippen molar-refractivity contribution in [2.45, 2.75) is 59.8 Å². The molecule has 4 rings (SSSR count). The van der Waals surface area contributed by atoms with Gasteiger partial charge in [-0.2, -0.15) is 0 Å². The largest absolute Gasteiger partial charge is 0.437 e. The summed E-state index contributed by atoms with van der Waals surface area (Å²) in [5.74, 6) is 0.962. The summed E-state index contributed by atoms with van der Waals surface area (Å²) in [6, 6.07) is 11.0. The number of hydrogen-bond acceptors (Lipinski definition) is 2. The van der Waals surface area contributed by atoms with Crippen molar-refractivity contribution in [3.05, 3.63) is 58.9 Å². The fraction of sp³-hybridized carbons (Fsp3) is 0.385. The van der Waals surface area contributed by atoms with Crippen LogP contribution in [-0.4, -0.2) is 4.98 Å². The first-order valence-corrected chi connectivity index (χ1v) is 10.7. The van der Waals surface area contributed by atoms with Gasteiger partial charge in [-0.15, -0.1) is 0 Å². The number of nitrogens with zero attached hydrogens (tertiary/aromatic N) is 2. The van der Waals surface area contributed by atoms with Crippen LogP contribution in [0.4, 0.5) is 0 Å². The molecule has 0 atom stereocenters. The second-order valence-electron chi connectivity index (χ2n) is 8.73. The first-order chi connectivity index (χ1) is 13.8. The van der Waals surface area contributed by atoms with Crippen LogP contribution in [0.1, 0.15) is 68.8 Å². The first-order valence-electron chi connectivity index (χ1n) is 10.7. The number of pyridine rings is 2. The van der Waals surface area contributed by atoms with Gasteiger partial charge in [0.2, 0.25) is 11.4 Å². The zero-order valence-electron chi connectivity index (χ0n) is 18.6. The molecular formula is C26H31N2O+. The third-order valence-electron chi connectivity index (χ3n) is 5.97. The van der Waals surface area contributed by atoms with Gasteiger partial charge >= 0.3 is 0 Å². The molecule has 0 fully saturated rings. The lowest BCUT2D eigenvalue weighted by Crippen LogP contribution is -2.32. The van der Waals surface area contributed by atoms with Crippen LogP contribution < -0.4 is 4.57 Å². The average molecular weight is 388 g/mol. The minimum absolute atomic E-state index is 0.469. The van der Waals surface area contributed by atoms with E-state index < -0.39 is 0 Å². The Kier molecular flexibility index (Phi) is 4.94. The molecule has 0 radical (unpaired) electrons. The van der Waals surface area contributed by atoms with Crippen LogP contribution in [0.15, 0.2) is 40.9 Å². The standard InChI is InChI=1S/C26H31N2O/c1-8-18-10-12-20-19-11-9-17(6)24(25(19)29-26(20)27-18)23-13-21(15(2)3)22(16(4)5)14-28(23)7/h9-16H,8H2,1-7H3/q+1. The number of hydrogen-bond donors (Lipinski definition) is 0. The van der Waals surface area contributed by atoms with Gasteiger partial charge in [0, 0.05) is 28.1 Å². The average Bonchev–Trinajstić information content (AvgIpc) is 3.05. The summed E-state index contributed by atoms with van der Waals surface area (Å²) in [5, 5.41) is 2.22. The maximum Gasteiger partial charge on any atom is 0.227 e. The third kappa shape index (κ3) is 3.23. The highest BCUT2D eigenvalue weighted by molar-refractivity contribution is 6.08. The number of aromatic nitrogens is 2. The van der Waals surface area contributed by atoms with Gasteiger partial charge < -0.3 is 4.42 Å². The summed E-state index contributed by atoms with van der Waals surface area (Å²) < 4.78 is 8.62. The van der Waals surface area contributed by atoms with E-state index in [0.717, 1.165) is 34.2 Å². The SMILES string of the molecule is CCc1ccc2c(n1)oc1c(-c3cc(C(C)C)c(C(C)C)c[n+]3C)c(C)ccc12. The Bertz CT molecular complexity index is 1210.